The smallest absolute Gasteiger partial charge is 0.139 e. The van der Waals surface area contributed by atoms with Crippen molar-refractivity contribution in [3.05, 3.63) is 54.2 Å². The topological polar surface area (TPSA) is 62.0 Å². The first-order valence-corrected chi connectivity index (χ1v) is 6.27. The number of aromatic nitrogens is 1. The molecule has 0 aliphatic rings. The summed E-state index contributed by atoms with van der Waals surface area (Å²) < 4.78 is 0. The second-order valence-corrected chi connectivity index (χ2v) is 4.78. The number of rotatable bonds is 2. The molecule has 0 spiro atoms. The maximum absolute atomic E-state index is 9.80. The molecule has 4 N–H and O–H groups in total. The average Bonchev–Trinajstić information content (AvgIpc) is 2.89. The fourth-order valence-corrected chi connectivity index (χ4v) is 2.36. The quantitative estimate of drug-likeness (QED) is 0.626. The molecule has 3 aromatic rings. The van der Waals surface area contributed by atoms with Crippen molar-refractivity contribution in [2.24, 2.45) is 5.73 Å². The molecule has 1 heterocycles. The first-order valence-electron chi connectivity index (χ1n) is 5.86. The molecular weight excluding hydrogens is 256 g/mol. The van der Waals surface area contributed by atoms with Crippen LogP contribution in [0.15, 0.2) is 48.7 Å². The molecule has 94 valence electrons. The van der Waals surface area contributed by atoms with Gasteiger partial charge in [-0.05, 0) is 35.4 Å². The van der Waals surface area contributed by atoms with E-state index in [0.29, 0.717) is 4.99 Å². The van der Waals surface area contributed by atoms with Gasteiger partial charge in [0.05, 0.1) is 5.52 Å². The highest BCUT2D eigenvalue weighted by Crippen LogP contribution is 2.33. The molecule has 0 unspecified atom stereocenters. The number of hydrogen-bond acceptors (Lipinski definition) is 2. The Morgan fingerprint density at radius 3 is 2.79 bits per heavy atom. The molecular formula is C15H12N2OS. The first kappa shape index (κ1) is 11.7. The third kappa shape index (κ3) is 1.96. The lowest BCUT2D eigenvalue weighted by atomic mass is 9.99. The summed E-state index contributed by atoms with van der Waals surface area (Å²) in [6.07, 6.45) is 1.81. The van der Waals surface area contributed by atoms with Gasteiger partial charge in [-0.15, -0.1) is 0 Å². The number of H-pyrrole nitrogens is 1. The molecule has 3 nitrogen and oxygen atoms in total. The number of aromatic amines is 1. The van der Waals surface area contributed by atoms with Crippen LogP contribution in [0.25, 0.3) is 22.0 Å². The van der Waals surface area contributed by atoms with E-state index >= 15 is 0 Å². The molecule has 0 radical (unpaired) electrons. The van der Waals surface area contributed by atoms with Crippen LogP contribution in [0, 0.1) is 0 Å². The third-order valence-electron chi connectivity index (χ3n) is 3.16. The van der Waals surface area contributed by atoms with Crippen LogP contribution < -0.4 is 5.73 Å². The van der Waals surface area contributed by atoms with E-state index in [1.165, 1.54) is 0 Å². The molecule has 0 bridgehead atoms. The highest BCUT2D eigenvalue weighted by molar-refractivity contribution is 7.80. The van der Waals surface area contributed by atoms with E-state index in [4.69, 9.17) is 18.0 Å². The predicted octanol–water partition coefficient (Wildman–Crippen LogP) is 3.17. The Labute approximate surface area is 115 Å². The Morgan fingerprint density at radius 2 is 2.00 bits per heavy atom. The highest BCUT2D eigenvalue weighted by atomic mass is 32.1. The predicted molar refractivity (Wildman–Crippen MR) is 81.3 cm³/mol. The van der Waals surface area contributed by atoms with Crippen molar-refractivity contribution in [1.82, 2.24) is 4.98 Å². The SMILES string of the molecule is NC(=S)c1cccc(-c2ccc(O)c3[nH]ccc23)c1. The highest BCUT2D eigenvalue weighted by Gasteiger charge is 2.09. The van der Waals surface area contributed by atoms with Gasteiger partial charge in [-0.2, -0.15) is 0 Å². The van der Waals surface area contributed by atoms with Gasteiger partial charge in [-0.3, -0.25) is 0 Å². The number of aromatic hydroxyl groups is 1. The summed E-state index contributed by atoms with van der Waals surface area (Å²) in [5, 5.41) is 10.8. The van der Waals surface area contributed by atoms with Gasteiger partial charge in [0.2, 0.25) is 0 Å². The Bertz CT molecular complexity index is 777. The minimum Gasteiger partial charge on any atom is -0.506 e. The molecule has 0 aliphatic carbocycles. The van der Waals surface area contributed by atoms with E-state index in [2.05, 4.69) is 4.98 Å². The molecule has 0 saturated heterocycles. The lowest BCUT2D eigenvalue weighted by molar-refractivity contribution is 0.480. The second-order valence-electron chi connectivity index (χ2n) is 4.34. The fourth-order valence-electron chi connectivity index (χ4n) is 2.23. The average molecular weight is 268 g/mol. The molecule has 4 heteroatoms. The second kappa shape index (κ2) is 4.40. The Hall–Kier alpha value is -2.33. The monoisotopic (exact) mass is 268 g/mol. The van der Waals surface area contributed by atoms with E-state index in [-0.39, 0.29) is 5.75 Å². The molecule has 0 aliphatic heterocycles. The molecule has 0 atom stereocenters. The van der Waals surface area contributed by atoms with Crippen LogP contribution in [-0.2, 0) is 0 Å². The molecule has 1 aromatic heterocycles. The van der Waals surface area contributed by atoms with Crippen molar-refractivity contribution in [2.45, 2.75) is 0 Å². The van der Waals surface area contributed by atoms with E-state index in [1.54, 1.807) is 6.07 Å². The summed E-state index contributed by atoms with van der Waals surface area (Å²) in [5.74, 6) is 0.245. The van der Waals surface area contributed by atoms with Crippen molar-refractivity contribution in [2.75, 3.05) is 0 Å². The van der Waals surface area contributed by atoms with Gasteiger partial charge in [-0.25, -0.2) is 0 Å². The zero-order valence-corrected chi connectivity index (χ0v) is 10.9. The van der Waals surface area contributed by atoms with Crippen LogP contribution in [0.4, 0.5) is 0 Å². The van der Waals surface area contributed by atoms with E-state index < -0.39 is 0 Å². The number of nitrogens with two attached hydrogens (primary N) is 1. The molecule has 2 aromatic carbocycles. The Morgan fingerprint density at radius 1 is 1.16 bits per heavy atom. The lowest BCUT2D eigenvalue weighted by Crippen LogP contribution is -2.08. The number of phenols is 1. The number of hydrogen-bond donors (Lipinski definition) is 3. The fraction of sp³-hybridized carbons (Fsp3) is 0. The van der Waals surface area contributed by atoms with Crippen molar-refractivity contribution in [3.63, 3.8) is 0 Å². The van der Waals surface area contributed by atoms with Gasteiger partial charge in [0, 0.05) is 17.1 Å². The van der Waals surface area contributed by atoms with Gasteiger partial charge in [0.15, 0.2) is 0 Å². The van der Waals surface area contributed by atoms with Crippen molar-refractivity contribution in [1.29, 1.82) is 0 Å². The maximum Gasteiger partial charge on any atom is 0.139 e. The standard InChI is InChI=1S/C15H12N2OS/c16-15(19)10-3-1-2-9(8-10)11-4-5-13(18)14-12(11)6-7-17-14/h1-8,17-18H,(H2,16,19). The summed E-state index contributed by atoms with van der Waals surface area (Å²) in [7, 11) is 0. The largest absolute Gasteiger partial charge is 0.506 e. The number of thiocarbonyl (C=S) groups is 1. The number of benzene rings is 2. The van der Waals surface area contributed by atoms with Gasteiger partial charge in [-0.1, -0.05) is 30.4 Å². The summed E-state index contributed by atoms with van der Waals surface area (Å²) in [6, 6.07) is 13.3. The minimum atomic E-state index is 0.245. The van der Waals surface area contributed by atoms with Crippen LogP contribution >= 0.6 is 12.2 Å². The van der Waals surface area contributed by atoms with E-state index in [0.717, 1.165) is 27.6 Å². The van der Waals surface area contributed by atoms with Crippen LogP contribution in [0.5, 0.6) is 5.75 Å². The number of nitrogens with one attached hydrogen (secondary N) is 1. The zero-order chi connectivity index (χ0) is 13.4. The zero-order valence-electron chi connectivity index (χ0n) is 10.1. The molecule has 3 rings (SSSR count). The molecule has 0 fully saturated rings. The maximum atomic E-state index is 9.80. The van der Waals surface area contributed by atoms with Crippen LogP contribution in [0.1, 0.15) is 5.56 Å². The number of fused-ring (bicyclic) bond motifs is 1. The molecule has 19 heavy (non-hydrogen) atoms. The third-order valence-corrected chi connectivity index (χ3v) is 3.39. The van der Waals surface area contributed by atoms with Gasteiger partial charge >= 0.3 is 0 Å². The van der Waals surface area contributed by atoms with Crippen molar-refractivity contribution in [3.8, 4) is 16.9 Å². The van der Waals surface area contributed by atoms with Gasteiger partial charge in [0.25, 0.3) is 0 Å². The van der Waals surface area contributed by atoms with E-state index in [9.17, 15) is 5.11 Å². The lowest BCUT2D eigenvalue weighted by Gasteiger charge is -2.07. The Balaban J connectivity index is 2.25. The van der Waals surface area contributed by atoms with E-state index in [1.807, 2.05) is 42.6 Å². The van der Waals surface area contributed by atoms with Crippen molar-refractivity contribution >= 4 is 28.1 Å². The van der Waals surface area contributed by atoms with Gasteiger partial charge in [0.1, 0.15) is 10.7 Å². The molecule has 0 amide bonds. The normalized spacial score (nSPS) is 10.7. The summed E-state index contributed by atoms with van der Waals surface area (Å²) in [4.78, 5) is 3.42. The van der Waals surface area contributed by atoms with Crippen LogP contribution in [0.2, 0.25) is 0 Å². The van der Waals surface area contributed by atoms with Gasteiger partial charge < -0.3 is 15.8 Å². The molecule has 0 saturated carbocycles. The summed E-state index contributed by atoms with van der Waals surface area (Å²) in [5.41, 5.74) is 9.29. The first-order chi connectivity index (χ1) is 9.16. The van der Waals surface area contributed by atoms with Crippen LogP contribution in [-0.4, -0.2) is 15.1 Å². The minimum absolute atomic E-state index is 0.245. The van der Waals surface area contributed by atoms with Crippen LogP contribution in [0.3, 0.4) is 0 Å². The van der Waals surface area contributed by atoms with Crippen molar-refractivity contribution < 1.29 is 5.11 Å². The number of phenolic OH excluding ortho intramolecular Hbond substituents is 1. The summed E-state index contributed by atoms with van der Waals surface area (Å²) >= 11 is 5.00. The summed E-state index contributed by atoms with van der Waals surface area (Å²) in [6.45, 7) is 0. The Kier molecular flexibility index (Phi) is 2.72.